The van der Waals surface area contributed by atoms with Crippen LogP contribution in [0.2, 0.25) is 0 Å². The van der Waals surface area contributed by atoms with Crippen LogP contribution in [0.5, 0.6) is 0 Å². The van der Waals surface area contributed by atoms with Crippen molar-refractivity contribution in [2.24, 2.45) is 7.05 Å². The van der Waals surface area contributed by atoms with Crippen molar-refractivity contribution in [3.05, 3.63) is 71.7 Å². The van der Waals surface area contributed by atoms with E-state index in [9.17, 15) is 4.79 Å². The normalized spacial score (nSPS) is 11.4. The van der Waals surface area contributed by atoms with E-state index in [0.717, 1.165) is 10.9 Å². The number of hydrogen-bond donors (Lipinski definition) is 0. The summed E-state index contributed by atoms with van der Waals surface area (Å²) in [5, 5.41) is 2.27. The summed E-state index contributed by atoms with van der Waals surface area (Å²) in [4.78, 5) is 12.5. The van der Waals surface area contributed by atoms with E-state index < -0.39 is 0 Å². The third-order valence-corrected chi connectivity index (χ3v) is 4.17. The first-order valence-electron chi connectivity index (χ1n) is 7.22. The number of fused-ring (bicyclic) bond motifs is 3. The average Bonchev–Trinajstić information content (AvgIpc) is 3.15. The first-order chi connectivity index (χ1) is 10.6. The van der Waals surface area contributed by atoms with E-state index in [-0.39, 0.29) is 5.78 Å². The largest absolute Gasteiger partial charge is 0.461 e. The fourth-order valence-electron chi connectivity index (χ4n) is 3.02. The second-order valence-electron chi connectivity index (χ2n) is 5.62. The zero-order valence-corrected chi connectivity index (χ0v) is 12.5. The van der Waals surface area contributed by atoms with Crippen LogP contribution < -0.4 is 0 Å². The summed E-state index contributed by atoms with van der Waals surface area (Å²) >= 11 is 0. The van der Waals surface area contributed by atoms with E-state index in [2.05, 4.69) is 29.7 Å². The van der Waals surface area contributed by atoms with Gasteiger partial charge in [-0.25, -0.2) is 0 Å². The molecule has 0 aliphatic heterocycles. The highest BCUT2D eigenvalue weighted by molar-refractivity contribution is 6.13. The molecule has 0 aliphatic rings. The van der Waals surface area contributed by atoms with E-state index in [0.29, 0.717) is 11.3 Å². The maximum atomic E-state index is 12.5. The lowest BCUT2D eigenvalue weighted by Gasteiger charge is -2.00. The van der Waals surface area contributed by atoms with Crippen molar-refractivity contribution in [2.75, 3.05) is 0 Å². The van der Waals surface area contributed by atoms with Gasteiger partial charge in [0.15, 0.2) is 5.76 Å². The van der Waals surface area contributed by atoms with Gasteiger partial charge in [-0.05, 0) is 49.4 Å². The molecule has 0 unspecified atom stereocenters. The molecule has 3 heteroatoms. The van der Waals surface area contributed by atoms with Gasteiger partial charge in [-0.1, -0.05) is 11.6 Å². The molecule has 0 aliphatic carbocycles. The predicted molar refractivity (Wildman–Crippen MR) is 87.3 cm³/mol. The van der Waals surface area contributed by atoms with Gasteiger partial charge in [0.25, 0.3) is 0 Å². The Kier molecular flexibility index (Phi) is 2.70. The highest BCUT2D eigenvalue weighted by atomic mass is 16.3. The van der Waals surface area contributed by atoms with Crippen LogP contribution in [0.4, 0.5) is 0 Å². The minimum atomic E-state index is -0.0865. The summed E-state index contributed by atoms with van der Waals surface area (Å²) in [5.74, 6) is 0.285. The summed E-state index contributed by atoms with van der Waals surface area (Å²) in [6, 6.07) is 15.6. The highest BCUT2D eigenvalue weighted by Gasteiger charge is 2.15. The molecule has 0 saturated carbocycles. The average molecular weight is 289 g/mol. The Balaban J connectivity index is 1.99. The van der Waals surface area contributed by atoms with Crippen molar-refractivity contribution >= 4 is 27.6 Å². The zero-order valence-electron chi connectivity index (χ0n) is 12.5. The third-order valence-electron chi connectivity index (χ3n) is 4.17. The zero-order chi connectivity index (χ0) is 15.3. The Morgan fingerprint density at radius 2 is 1.73 bits per heavy atom. The number of carbonyl (C=O) groups is 1. The van der Waals surface area contributed by atoms with E-state index in [1.54, 1.807) is 12.1 Å². The minimum absolute atomic E-state index is 0.0865. The Hall–Kier alpha value is -2.81. The number of aryl methyl sites for hydroxylation is 2. The third kappa shape index (κ3) is 1.79. The van der Waals surface area contributed by atoms with Crippen LogP contribution in [0.1, 0.15) is 21.7 Å². The van der Waals surface area contributed by atoms with Gasteiger partial charge in [-0.3, -0.25) is 4.79 Å². The van der Waals surface area contributed by atoms with Gasteiger partial charge in [0.1, 0.15) is 0 Å². The molecule has 22 heavy (non-hydrogen) atoms. The number of nitrogens with zero attached hydrogens (tertiary/aromatic N) is 1. The second-order valence-corrected chi connectivity index (χ2v) is 5.62. The monoisotopic (exact) mass is 289 g/mol. The number of benzene rings is 2. The van der Waals surface area contributed by atoms with Crippen molar-refractivity contribution in [1.29, 1.82) is 0 Å². The van der Waals surface area contributed by atoms with E-state index >= 15 is 0 Å². The molecule has 2 aromatic carbocycles. The summed E-state index contributed by atoms with van der Waals surface area (Å²) in [7, 11) is 2.05. The summed E-state index contributed by atoms with van der Waals surface area (Å²) in [6.45, 7) is 2.08. The van der Waals surface area contributed by atoms with Crippen LogP contribution in [0.25, 0.3) is 21.8 Å². The van der Waals surface area contributed by atoms with Gasteiger partial charge >= 0.3 is 0 Å². The van der Waals surface area contributed by atoms with Gasteiger partial charge < -0.3 is 8.98 Å². The number of ketones is 1. The lowest BCUT2D eigenvalue weighted by Crippen LogP contribution is -1.99. The Labute approximate surface area is 127 Å². The number of carbonyl (C=O) groups excluding carboxylic acids is 1. The molecule has 0 spiro atoms. The van der Waals surface area contributed by atoms with Crippen LogP contribution in [0.3, 0.4) is 0 Å². The number of hydrogen-bond acceptors (Lipinski definition) is 2. The van der Waals surface area contributed by atoms with Crippen LogP contribution >= 0.6 is 0 Å². The molecule has 2 heterocycles. The summed E-state index contributed by atoms with van der Waals surface area (Å²) in [5.41, 5.74) is 4.15. The van der Waals surface area contributed by atoms with Crippen LogP contribution in [0.15, 0.2) is 59.2 Å². The van der Waals surface area contributed by atoms with Crippen molar-refractivity contribution in [2.45, 2.75) is 6.92 Å². The SMILES string of the molecule is Cc1ccc2c(c1)c1cc(C(=O)c3ccco3)ccc1n2C. The van der Waals surface area contributed by atoms with Gasteiger partial charge in [0, 0.05) is 34.4 Å². The maximum Gasteiger partial charge on any atom is 0.228 e. The molecule has 0 amide bonds. The molecular weight excluding hydrogens is 274 g/mol. The van der Waals surface area contributed by atoms with E-state index in [1.165, 1.54) is 22.7 Å². The molecule has 4 aromatic rings. The standard InChI is InChI=1S/C19H15NO2/c1-12-5-7-16-14(10-12)15-11-13(6-8-17(15)20(16)2)19(21)18-4-3-9-22-18/h3-11H,1-2H3. The van der Waals surface area contributed by atoms with Crippen molar-refractivity contribution in [3.8, 4) is 0 Å². The van der Waals surface area contributed by atoms with E-state index in [1.807, 2.05) is 25.2 Å². The first kappa shape index (κ1) is 12.9. The molecule has 3 nitrogen and oxygen atoms in total. The smallest absolute Gasteiger partial charge is 0.228 e. The Bertz CT molecular complexity index is 1010. The van der Waals surface area contributed by atoms with Crippen LogP contribution in [-0.4, -0.2) is 10.4 Å². The van der Waals surface area contributed by atoms with Gasteiger partial charge in [-0.2, -0.15) is 0 Å². The second kappa shape index (κ2) is 4.60. The van der Waals surface area contributed by atoms with E-state index in [4.69, 9.17) is 4.42 Å². The topological polar surface area (TPSA) is 35.1 Å². The Morgan fingerprint density at radius 3 is 2.45 bits per heavy atom. The number of aromatic nitrogens is 1. The minimum Gasteiger partial charge on any atom is -0.461 e. The first-order valence-corrected chi connectivity index (χ1v) is 7.22. The molecule has 108 valence electrons. The molecule has 0 saturated heterocycles. The molecule has 0 radical (unpaired) electrons. The summed E-state index contributed by atoms with van der Waals surface area (Å²) in [6.07, 6.45) is 1.52. The molecular formula is C19H15NO2. The predicted octanol–water partition coefficient (Wildman–Crippen LogP) is 4.46. The number of rotatable bonds is 2. The van der Waals surface area contributed by atoms with Crippen LogP contribution in [-0.2, 0) is 7.05 Å². The van der Waals surface area contributed by atoms with Crippen molar-refractivity contribution in [1.82, 2.24) is 4.57 Å². The van der Waals surface area contributed by atoms with Crippen molar-refractivity contribution in [3.63, 3.8) is 0 Å². The van der Waals surface area contributed by atoms with Gasteiger partial charge in [0.2, 0.25) is 5.78 Å². The number of furan rings is 1. The maximum absolute atomic E-state index is 12.5. The fourth-order valence-corrected chi connectivity index (χ4v) is 3.02. The molecule has 4 rings (SSSR count). The molecule has 0 atom stereocenters. The van der Waals surface area contributed by atoms with Gasteiger partial charge in [0.05, 0.1) is 6.26 Å². The highest BCUT2D eigenvalue weighted by Crippen LogP contribution is 2.30. The molecule has 2 aromatic heterocycles. The lowest BCUT2D eigenvalue weighted by atomic mass is 10.0. The van der Waals surface area contributed by atoms with Crippen molar-refractivity contribution < 1.29 is 9.21 Å². The lowest BCUT2D eigenvalue weighted by molar-refractivity contribution is 0.101. The molecule has 0 bridgehead atoms. The van der Waals surface area contributed by atoms with Crippen LogP contribution in [0, 0.1) is 6.92 Å². The summed E-state index contributed by atoms with van der Waals surface area (Å²) < 4.78 is 7.38. The van der Waals surface area contributed by atoms with Gasteiger partial charge in [-0.15, -0.1) is 0 Å². The molecule has 0 fully saturated rings. The quantitative estimate of drug-likeness (QED) is 0.510. The Morgan fingerprint density at radius 1 is 1.00 bits per heavy atom. The fraction of sp³-hybridized carbons (Fsp3) is 0.105. The molecule has 0 N–H and O–H groups in total.